The number of nitrogens with one attached hydrogen (secondary N) is 1. The molecular weight excluding hydrogens is 666 g/mol. The molecule has 0 spiro atoms. The molecule has 1 unspecified atom stereocenters. The second-order valence-electron chi connectivity index (χ2n) is 15.2. The molecule has 1 heterocycles. The van der Waals surface area contributed by atoms with E-state index in [1.165, 1.54) is 29.2 Å². The zero-order valence-corrected chi connectivity index (χ0v) is 30.3. The van der Waals surface area contributed by atoms with E-state index in [9.17, 15) is 34.1 Å². The summed E-state index contributed by atoms with van der Waals surface area (Å²) < 4.78 is 0. The third-order valence-electron chi connectivity index (χ3n) is 11.5. The number of Topliss-reactive ketones (excluding diaryl/α,β-unsaturated/α-hetero) is 2. The van der Waals surface area contributed by atoms with E-state index in [1.807, 2.05) is 6.29 Å². The Morgan fingerprint density at radius 2 is 1.56 bits per heavy atom. The van der Waals surface area contributed by atoms with E-state index in [0.717, 1.165) is 51.4 Å². The number of rotatable bonds is 19. The van der Waals surface area contributed by atoms with Gasteiger partial charge >= 0.3 is 0 Å². The van der Waals surface area contributed by atoms with Crippen molar-refractivity contribution >= 4 is 35.4 Å². The molecule has 3 aliphatic rings. The zero-order valence-electron chi connectivity index (χ0n) is 30.3. The van der Waals surface area contributed by atoms with Crippen LogP contribution in [0.15, 0.2) is 24.3 Å². The number of unbranched alkanes of at least 4 members (excludes halogenated alkanes) is 1. The molecule has 1 aromatic rings. The summed E-state index contributed by atoms with van der Waals surface area (Å²) in [6.07, 6.45) is 13.6. The molecule has 1 aliphatic heterocycles. The van der Waals surface area contributed by atoms with Gasteiger partial charge in [0.25, 0.3) is 5.69 Å². The quantitative estimate of drug-likeness (QED) is 0.0600. The summed E-state index contributed by atoms with van der Waals surface area (Å²) in [6.45, 7) is 0.641. The normalized spacial score (nSPS) is 22.1. The van der Waals surface area contributed by atoms with Gasteiger partial charge in [0, 0.05) is 18.7 Å². The van der Waals surface area contributed by atoms with Crippen LogP contribution in [0.4, 0.5) is 5.69 Å². The van der Waals surface area contributed by atoms with Crippen LogP contribution >= 0.6 is 0 Å². The highest BCUT2D eigenvalue weighted by Gasteiger charge is 2.54. The van der Waals surface area contributed by atoms with Gasteiger partial charge in [-0.3, -0.25) is 34.1 Å². The van der Waals surface area contributed by atoms with Gasteiger partial charge < -0.3 is 33.2 Å². The third kappa shape index (κ3) is 10.3. The Bertz CT molecular complexity index is 1400. The highest BCUT2D eigenvalue weighted by atomic mass is 16.6. The molecule has 0 aromatic heterocycles. The number of benzene rings is 1. The fraction of sp³-hybridized carbons (Fsp3) is 0.711. The highest BCUT2D eigenvalue weighted by Crippen LogP contribution is 2.39. The molecule has 287 valence electrons. The molecule has 2 aliphatic carbocycles. The summed E-state index contributed by atoms with van der Waals surface area (Å²) in [4.78, 5) is 81.3. The second-order valence-corrected chi connectivity index (χ2v) is 15.2. The number of likely N-dealkylation sites (tertiary alicyclic amines) is 1. The van der Waals surface area contributed by atoms with Gasteiger partial charge in [0.15, 0.2) is 17.1 Å². The fourth-order valence-electron chi connectivity index (χ4n) is 8.62. The summed E-state index contributed by atoms with van der Waals surface area (Å²) in [5.74, 6) is -3.40. The predicted octanol–water partition coefficient (Wildman–Crippen LogP) is 2.51. The molecule has 4 rings (SSSR count). The number of nitrogens with two attached hydrogens (primary N) is 4. The van der Waals surface area contributed by atoms with Crippen LogP contribution in [-0.2, 0) is 30.4 Å². The van der Waals surface area contributed by atoms with Crippen LogP contribution in [0.3, 0.4) is 0 Å². The van der Waals surface area contributed by atoms with E-state index in [1.54, 1.807) is 0 Å². The number of amides is 2. The summed E-state index contributed by atoms with van der Waals surface area (Å²) in [6, 6.07) is 1.71. The van der Waals surface area contributed by atoms with Crippen molar-refractivity contribution in [1.82, 2.24) is 10.2 Å². The number of non-ortho nitro benzene ring substituents is 1. The molecule has 2 saturated carbocycles. The van der Waals surface area contributed by atoms with E-state index >= 15 is 0 Å². The van der Waals surface area contributed by atoms with Crippen molar-refractivity contribution in [2.75, 3.05) is 13.1 Å². The van der Waals surface area contributed by atoms with Crippen molar-refractivity contribution in [3.8, 4) is 0 Å². The van der Waals surface area contributed by atoms with Crippen LogP contribution in [-0.4, -0.2) is 82.3 Å². The Morgan fingerprint density at radius 1 is 0.923 bits per heavy atom. The number of carbonyl (C=O) groups is 4. The molecule has 3 fully saturated rings. The first kappa shape index (κ1) is 41.2. The molecule has 2 amide bonds. The standard InChI is InChI=1S/C38H58N7O7/c39-20-8-7-14-31(43-36(49)30(41)23-26-16-18-28(19-17-26)45(51)52)37(50)44-21-9-15-32(44)34(47)33(27-12-5-2-6-13-27)38(42,24-46)35(48)29(40)22-25-10-3-1-4-11-25/h16-19,25,27,29-33H,1-15,20-23,39-42H2,(H,43,49)/t29-,30+,31+,32+,33?,38-/m1/s1. The maximum Gasteiger partial charge on any atom is 0.269 e. The topological polar surface area (TPSA) is 248 Å². The number of hydrogen-bond acceptors (Lipinski definition) is 11. The van der Waals surface area contributed by atoms with Gasteiger partial charge in [-0.05, 0) is 81.7 Å². The van der Waals surface area contributed by atoms with Crippen LogP contribution in [0.25, 0.3) is 0 Å². The monoisotopic (exact) mass is 724 g/mol. The molecule has 52 heavy (non-hydrogen) atoms. The molecule has 6 atom stereocenters. The lowest BCUT2D eigenvalue weighted by Gasteiger charge is -2.41. The van der Waals surface area contributed by atoms with Gasteiger partial charge in [-0.1, -0.05) is 63.5 Å². The minimum Gasteiger partial charge on any atom is -0.343 e. The Kier molecular flexibility index (Phi) is 15.4. The van der Waals surface area contributed by atoms with Crippen LogP contribution in [0, 0.1) is 27.9 Å². The van der Waals surface area contributed by atoms with Crippen molar-refractivity contribution < 1.29 is 28.9 Å². The molecule has 1 saturated heterocycles. The van der Waals surface area contributed by atoms with Gasteiger partial charge in [-0.15, -0.1) is 0 Å². The average Bonchev–Trinajstić information content (AvgIpc) is 3.65. The van der Waals surface area contributed by atoms with Crippen molar-refractivity contribution in [3.05, 3.63) is 39.9 Å². The van der Waals surface area contributed by atoms with E-state index < -0.39 is 63.9 Å². The Hall–Kier alpha value is -3.59. The Labute approximate surface area is 306 Å². The average molecular weight is 725 g/mol. The molecular formula is C38H58N7O7. The number of nitro groups is 1. The second kappa shape index (κ2) is 19.5. The smallest absolute Gasteiger partial charge is 0.269 e. The van der Waals surface area contributed by atoms with Crippen LogP contribution in [0.5, 0.6) is 0 Å². The summed E-state index contributed by atoms with van der Waals surface area (Å²) in [7, 11) is 0. The molecule has 14 heteroatoms. The van der Waals surface area contributed by atoms with Crippen molar-refractivity contribution in [2.45, 2.75) is 139 Å². The third-order valence-corrected chi connectivity index (χ3v) is 11.5. The molecule has 14 nitrogen and oxygen atoms in total. The fourth-order valence-corrected chi connectivity index (χ4v) is 8.62. The maximum atomic E-state index is 14.8. The van der Waals surface area contributed by atoms with Crippen LogP contribution in [0.2, 0.25) is 0 Å². The number of nitro benzene ring substituents is 1. The maximum absolute atomic E-state index is 14.8. The first-order chi connectivity index (χ1) is 24.9. The van der Waals surface area contributed by atoms with Gasteiger partial charge in [-0.25, -0.2) is 0 Å². The van der Waals surface area contributed by atoms with Gasteiger partial charge in [0.1, 0.15) is 6.04 Å². The first-order valence-corrected chi connectivity index (χ1v) is 19.2. The van der Waals surface area contributed by atoms with E-state index in [4.69, 9.17) is 22.9 Å². The van der Waals surface area contributed by atoms with Gasteiger partial charge in [-0.2, -0.15) is 0 Å². The zero-order chi connectivity index (χ0) is 37.8. The van der Waals surface area contributed by atoms with Crippen LogP contribution < -0.4 is 28.3 Å². The van der Waals surface area contributed by atoms with E-state index in [-0.39, 0.29) is 36.9 Å². The Morgan fingerprint density at radius 3 is 2.15 bits per heavy atom. The largest absolute Gasteiger partial charge is 0.343 e. The lowest BCUT2D eigenvalue weighted by molar-refractivity contribution is -0.384. The summed E-state index contributed by atoms with van der Waals surface area (Å²) >= 11 is 0. The summed E-state index contributed by atoms with van der Waals surface area (Å²) in [5, 5.41) is 13.8. The molecule has 9 N–H and O–H groups in total. The number of nitrogens with zero attached hydrogens (tertiary/aromatic N) is 2. The molecule has 1 aromatic carbocycles. The lowest BCUT2D eigenvalue weighted by atomic mass is 9.65. The first-order valence-electron chi connectivity index (χ1n) is 19.2. The number of ketones is 2. The van der Waals surface area contributed by atoms with Crippen molar-refractivity contribution in [3.63, 3.8) is 0 Å². The van der Waals surface area contributed by atoms with Crippen LogP contribution in [0.1, 0.15) is 108 Å². The lowest BCUT2D eigenvalue weighted by Crippen LogP contribution is -2.66. The predicted molar refractivity (Wildman–Crippen MR) is 196 cm³/mol. The summed E-state index contributed by atoms with van der Waals surface area (Å²) in [5.41, 5.74) is 23.5. The van der Waals surface area contributed by atoms with Gasteiger partial charge in [0.05, 0.1) is 29.0 Å². The van der Waals surface area contributed by atoms with E-state index in [0.29, 0.717) is 57.1 Å². The minimum absolute atomic E-state index is 0.0825. The minimum atomic E-state index is -2.25. The SMILES string of the molecule is NCCCC[C@H](NC(=O)[C@@H](N)Cc1ccc([N+](=O)[O-])cc1)C(=O)N1CCC[C@H]1C(=O)C(C1CCCCC1)[C@](N)([C]=O)C(=O)[C@H](N)CC1CCCCC1. The van der Waals surface area contributed by atoms with Gasteiger partial charge in [0.2, 0.25) is 18.1 Å². The molecule has 0 bridgehead atoms. The number of hydrogen-bond donors (Lipinski definition) is 5. The van der Waals surface area contributed by atoms with Crippen molar-refractivity contribution in [1.29, 1.82) is 0 Å². The molecule has 1 radical (unpaired) electrons. The Balaban J connectivity index is 1.54. The van der Waals surface area contributed by atoms with Crippen molar-refractivity contribution in [2.24, 2.45) is 40.7 Å². The number of carbonyl (C=O) groups excluding carboxylic acids is 5. The van der Waals surface area contributed by atoms with E-state index in [2.05, 4.69) is 5.32 Å². The highest BCUT2D eigenvalue weighted by molar-refractivity contribution is 6.11.